The normalized spacial score (nSPS) is 27.2. The van der Waals surface area contributed by atoms with Gasteiger partial charge in [-0.2, -0.15) is 0 Å². The lowest BCUT2D eigenvalue weighted by Crippen LogP contribution is -1.97. The van der Waals surface area contributed by atoms with Crippen LogP contribution >= 0.6 is 0 Å². The van der Waals surface area contributed by atoms with Crippen molar-refractivity contribution in [2.75, 3.05) is 0 Å². The van der Waals surface area contributed by atoms with Gasteiger partial charge >= 0.3 is 0 Å². The molecule has 0 N–H and O–H groups in total. The Kier molecular flexibility index (Phi) is 1.56. The first-order chi connectivity index (χ1) is 3.83. The van der Waals surface area contributed by atoms with Crippen LogP contribution in [-0.2, 0) is 4.74 Å². The molecule has 0 aromatic heterocycles. The fraction of sp³-hybridized carbons (Fsp3) is 0.714. The Morgan fingerprint density at radius 2 is 2.62 bits per heavy atom. The van der Waals surface area contributed by atoms with Gasteiger partial charge in [-0.25, -0.2) is 0 Å². The molecule has 1 rings (SSSR count). The molecule has 0 spiro atoms. The fourth-order valence-electron chi connectivity index (χ4n) is 0.880. The summed E-state index contributed by atoms with van der Waals surface area (Å²) >= 11 is 0. The molecule has 1 atom stereocenters. The quantitative estimate of drug-likeness (QED) is 0.504. The Morgan fingerprint density at radius 1 is 1.88 bits per heavy atom. The number of rotatable bonds is 1. The molecule has 0 amide bonds. The van der Waals surface area contributed by atoms with Crippen molar-refractivity contribution in [2.24, 2.45) is 0 Å². The number of hydrogen-bond acceptors (Lipinski definition) is 1. The Bertz CT molecular complexity index is 105. The molecule has 1 heterocycles. The van der Waals surface area contributed by atoms with Crippen molar-refractivity contribution in [1.29, 1.82) is 0 Å². The molecule has 46 valence electrons. The molecule has 1 aliphatic heterocycles. The molecule has 1 heteroatoms. The maximum absolute atomic E-state index is 5.37. The van der Waals surface area contributed by atoms with Crippen LogP contribution in [0.2, 0.25) is 0 Å². The highest BCUT2D eigenvalue weighted by atomic mass is 16.5. The molecule has 1 aliphatic rings. The van der Waals surface area contributed by atoms with Crippen LogP contribution in [-0.4, -0.2) is 6.10 Å². The summed E-state index contributed by atoms with van der Waals surface area (Å²) in [4.78, 5) is 0. The zero-order valence-corrected chi connectivity index (χ0v) is 5.48. The summed E-state index contributed by atoms with van der Waals surface area (Å²) in [5.41, 5.74) is 0. The molecule has 0 aromatic rings. The standard InChI is InChI=1S/C7H12O/c1-3-7-5-4-6(2)8-7/h5-6H,3-4H2,1-2H3. The Labute approximate surface area is 50.3 Å². The molecule has 0 bridgehead atoms. The van der Waals surface area contributed by atoms with E-state index in [1.165, 1.54) is 0 Å². The predicted octanol–water partition coefficient (Wildman–Crippen LogP) is 2.09. The number of hydrogen-bond donors (Lipinski definition) is 0. The summed E-state index contributed by atoms with van der Waals surface area (Å²) in [5.74, 6) is 1.16. The van der Waals surface area contributed by atoms with Crippen LogP contribution in [0.3, 0.4) is 0 Å². The summed E-state index contributed by atoms with van der Waals surface area (Å²) in [7, 11) is 0. The highest BCUT2D eigenvalue weighted by Gasteiger charge is 2.09. The van der Waals surface area contributed by atoms with Gasteiger partial charge in [0.15, 0.2) is 0 Å². The van der Waals surface area contributed by atoms with E-state index in [0.29, 0.717) is 6.10 Å². The van der Waals surface area contributed by atoms with E-state index >= 15 is 0 Å². The van der Waals surface area contributed by atoms with Crippen molar-refractivity contribution in [3.05, 3.63) is 11.8 Å². The Hall–Kier alpha value is -0.460. The predicted molar refractivity (Wildman–Crippen MR) is 33.5 cm³/mol. The van der Waals surface area contributed by atoms with Crippen molar-refractivity contribution in [3.63, 3.8) is 0 Å². The zero-order valence-electron chi connectivity index (χ0n) is 5.48. The minimum atomic E-state index is 0.435. The Balaban J connectivity index is 2.37. The van der Waals surface area contributed by atoms with Crippen molar-refractivity contribution >= 4 is 0 Å². The zero-order chi connectivity index (χ0) is 5.98. The van der Waals surface area contributed by atoms with Gasteiger partial charge in [-0.1, -0.05) is 6.92 Å². The monoisotopic (exact) mass is 112 g/mol. The third kappa shape index (κ3) is 1.03. The molecule has 0 saturated heterocycles. The second-order valence-corrected chi connectivity index (χ2v) is 2.19. The van der Waals surface area contributed by atoms with Crippen LogP contribution in [0.25, 0.3) is 0 Å². The molecule has 0 saturated carbocycles. The van der Waals surface area contributed by atoms with Crippen LogP contribution in [0.15, 0.2) is 11.8 Å². The second kappa shape index (κ2) is 2.21. The third-order valence-electron chi connectivity index (χ3n) is 1.38. The molecule has 8 heavy (non-hydrogen) atoms. The van der Waals surface area contributed by atoms with E-state index in [-0.39, 0.29) is 0 Å². The summed E-state index contributed by atoms with van der Waals surface area (Å²) in [6.45, 7) is 4.21. The first-order valence-corrected chi connectivity index (χ1v) is 3.18. The third-order valence-corrected chi connectivity index (χ3v) is 1.38. The lowest BCUT2D eigenvalue weighted by Gasteiger charge is -2.04. The minimum absolute atomic E-state index is 0.435. The van der Waals surface area contributed by atoms with Crippen molar-refractivity contribution in [2.45, 2.75) is 32.8 Å². The summed E-state index contributed by atoms with van der Waals surface area (Å²) < 4.78 is 5.37. The van der Waals surface area contributed by atoms with Gasteiger partial charge in [0.1, 0.15) is 0 Å². The van der Waals surface area contributed by atoms with Crippen molar-refractivity contribution in [1.82, 2.24) is 0 Å². The van der Waals surface area contributed by atoms with Crippen molar-refractivity contribution in [3.8, 4) is 0 Å². The van der Waals surface area contributed by atoms with Gasteiger partial charge < -0.3 is 4.74 Å². The van der Waals surface area contributed by atoms with Gasteiger partial charge in [-0.3, -0.25) is 0 Å². The van der Waals surface area contributed by atoms with Crippen LogP contribution in [0, 0.1) is 0 Å². The first-order valence-electron chi connectivity index (χ1n) is 3.18. The van der Waals surface area contributed by atoms with Crippen LogP contribution in [0.1, 0.15) is 26.7 Å². The topological polar surface area (TPSA) is 9.23 Å². The average Bonchev–Trinajstić information content (AvgIpc) is 2.14. The van der Waals surface area contributed by atoms with E-state index < -0.39 is 0 Å². The number of allylic oxidation sites excluding steroid dienone is 1. The van der Waals surface area contributed by atoms with E-state index in [1.54, 1.807) is 0 Å². The van der Waals surface area contributed by atoms with Gasteiger partial charge in [-0.15, -0.1) is 0 Å². The van der Waals surface area contributed by atoms with E-state index in [1.807, 2.05) is 0 Å². The van der Waals surface area contributed by atoms with Gasteiger partial charge in [0, 0.05) is 12.8 Å². The van der Waals surface area contributed by atoms with Gasteiger partial charge in [0.25, 0.3) is 0 Å². The van der Waals surface area contributed by atoms with Crippen molar-refractivity contribution < 1.29 is 4.74 Å². The lowest BCUT2D eigenvalue weighted by atomic mass is 10.3. The maximum Gasteiger partial charge on any atom is 0.0989 e. The largest absolute Gasteiger partial charge is 0.495 e. The maximum atomic E-state index is 5.37. The van der Waals surface area contributed by atoms with Crippen LogP contribution < -0.4 is 0 Å². The smallest absolute Gasteiger partial charge is 0.0989 e. The molecular weight excluding hydrogens is 100 g/mol. The fourth-order valence-corrected chi connectivity index (χ4v) is 0.880. The molecule has 1 nitrogen and oxygen atoms in total. The molecular formula is C7H12O. The molecule has 0 fully saturated rings. The highest BCUT2D eigenvalue weighted by molar-refractivity contribution is 4.99. The summed E-state index contributed by atoms with van der Waals surface area (Å²) in [5, 5.41) is 0. The van der Waals surface area contributed by atoms with Gasteiger partial charge in [0.05, 0.1) is 11.9 Å². The average molecular weight is 112 g/mol. The molecule has 0 radical (unpaired) electrons. The highest BCUT2D eigenvalue weighted by Crippen LogP contribution is 2.17. The lowest BCUT2D eigenvalue weighted by molar-refractivity contribution is 0.154. The van der Waals surface area contributed by atoms with E-state index in [0.717, 1.165) is 18.6 Å². The van der Waals surface area contributed by atoms with E-state index in [9.17, 15) is 0 Å². The number of ether oxygens (including phenoxy) is 1. The summed E-state index contributed by atoms with van der Waals surface area (Å²) in [6.07, 6.45) is 4.75. The van der Waals surface area contributed by atoms with E-state index in [2.05, 4.69) is 19.9 Å². The SMILES string of the molecule is CCC1=CCC(C)O1. The molecule has 1 unspecified atom stereocenters. The summed E-state index contributed by atoms with van der Waals surface area (Å²) in [6, 6.07) is 0. The van der Waals surface area contributed by atoms with Crippen LogP contribution in [0.4, 0.5) is 0 Å². The second-order valence-electron chi connectivity index (χ2n) is 2.19. The van der Waals surface area contributed by atoms with E-state index in [4.69, 9.17) is 4.74 Å². The van der Waals surface area contributed by atoms with Gasteiger partial charge in [0.2, 0.25) is 0 Å². The molecule has 0 aliphatic carbocycles. The molecule has 0 aromatic carbocycles. The van der Waals surface area contributed by atoms with Gasteiger partial charge in [-0.05, 0) is 13.0 Å². The Morgan fingerprint density at radius 3 is 2.88 bits per heavy atom. The van der Waals surface area contributed by atoms with Crippen LogP contribution in [0.5, 0.6) is 0 Å². The minimum Gasteiger partial charge on any atom is -0.495 e. The first kappa shape index (κ1) is 5.67.